The third-order valence-electron chi connectivity index (χ3n) is 5.51. The Bertz CT molecular complexity index is 702. The Morgan fingerprint density at radius 3 is 2.77 bits per heavy atom. The molecule has 1 fully saturated rings. The molecule has 114 valence electrons. The summed E-state index contributed by atoms with van der Waals surface area (Å²) in [4.78, 5) is 15.3. The molecule has 2 N–H and O–H groups in total. The summed E-state index contributed by atoms with van der Waals surface area (Å²) in [5.41, 5.74) is 4.57. The van der Waals surface area contributed by atoms with Gasteiger partial charge in [-0.25, -0.2) is 0 Å². The zero-order chi connectivity index (χ0) is 15.3. The molecule has 3 heteroatoms. The highest BCUT2D eigenvalue weighted by Crippen LogP contribution is 2.61. The van der Waals surface area contributed by atoms with Crippen molar-refractivity contribution in [2.75, 3.05) is 5.32 Å². The van der Waals surface area contributed by atoms with Gasteiger partial charge in [0.1, 0.15) is 0 Å². The first-order valence-electron chi connectivity index (χ1n) is 8.23. The van der Waals surface area contributed by atoms with Crippen LogP contribution >= 0.6 is 0 Å². The van der Waals surface area contributed by atoms with E-state index in [0.717, 1.165) is 11.6 Å². The summed E-state index contributed by atoms with van der Waals surface area (Å²) in [5, 5.41) is 3.13. The standard InChI is InChI=1S/C19H22N2O/c1-11(2)17-14-6-7-15(17)18-13(14)4-3-5-16(18)21-19(22)12-8-9-20-10-12/h3-5,8-11,14-15,17,20H,6-7H2,1-2H3,(H,21,22). The number of anilines is 1. The molecule has 1 aromatic carbocycles. The summed E-state index contributed by atoms with van der Waals surface area (Å²) < 4.78 is 0. The number of hydrogen-bond donors (Lipinski definition) is 2. The Labute approximate surface area is 131 Å². The quantitative estimate of drug-likeness (QED) is 0.859. The third kappa shape index (κ3) is 1.92. The van der Waals surface area contributed by atoms with Crippen molar-refractivity contribution >= 4 is 11.6 Å². The van der Waals surface area contributed by atoms with Gasteiger partial charge in [-0.2, -0.15) is 0 Å². The summed E-state index contributed by atoms with van der Waals surface area (Å²) in [5.74, 6) is 2.70. The lowest BCUT2D eigenvalue weighted by atomic mass is 9.85. The Balaban J connectivity index is 1.69. The van der Waals surface area contributed by atoms with Gasteiger partial charge in [0, 0.05) is 18.1 Å². The van der Waals surface area contributed by atoms with Gasteiger partial charge < -0.3 is 10.3 Å². The predicted octanol–water partition coefficient (Wildman–Crippen LogP) is 4.51. The minimum Gasteiger partial charge on any atom is -0.367 e. The van der Waals surface area contributed by atoms with Crippen LogP contribution in [0.4, 0.5) is 5.69 Å². The number of rotatable bonds is 3. The number of amides is 1. The smallest absolute Gasteiger partial charge is 0.257 e. The van der Waals surface area contributed by atoms with Crippen LogP contribution in [-0.4, -0.2) is 10.9 Å². The number of aromatic nitrogens is 1. The van der Waals surface area contributed by atoms with E-state index in [-0.39, 0.29) is 5.91 Å². The first-order chi connectivity index (χ1) is 10.7. The van der Waals surface area contributed by atoms with Gasteiger partial charge in [0.15, 0.2) is 0 Å². The lowest BCUT2D eigenvalue weighted by Gasteiger charge is -2.21. The van der Waals surface area contributed by atoms with Gasteiger partial charge in [0.25, 0.3) is 5.91 Å². The molecule has 0 radical (unpaired) electrons. The van der Waals surface area contributed by atoms with Crippen molar-refractivity contribution in [1.29, 1.82) is 0 Å². The fourth-order valence-corrected chi connectivity index (χ4v) is 4.74. The van der Waals surface area contributed by atoms with Crippen LogP contribution in [-0.2, 0) is 0 Å². The van der Waals surface area contributed by atoms with Gasteiger partial charge >= 0.3 is 0 Å². The van der Waals surface area contributed by atoms with Gasteiger partial charge in [-0.15, -0.1) is 0 Å². The van der Waals surface area contributed by atoms with Crippen LogP contribution in [0.25, 0.3) is 0 Å². The molecule has 1 saturated carbocycles. The molecule has 0 aliphatic heterocycles. The van der Waals surface area contributed by atoms with E-state index < -0.39 is 0 Å². The minimum absolute atomic E-state index is 0.0291. The second-order valence-electron chi connectivity index (χ2n) is 6.97. The van der Waals surface area contributed by atoms with Crippen LogP contribution in [0.3, 0.4) is 0 Å². The molecule has 22 heavy (non-hydrogen) atoms. The number of fused-ring (bicyclic) bond motifs is 5. The average molecular weight is 294 g/mol. The van der Waals surface area contributed by atoms with E-state index in [1.54, 1.807) is 12.4 Å². The molecule has 3 atom stereocenters. The van der Waals surface area contributed by atoms with Gasteiger partial charge in [0.05, 0.1) is 5.56 Å². The van der Waals surface area contributed by atoms with Crippen LogP contribution in [0.2, 0.25) is 0 Å². The van der Waals surface area contributed by atoms with Crippen molar-refractivity contribution < 1.29 is 4.79 Å². The number of aromatic amines is 1. The van der Waals surface area contributed by atoms with Crippen LogP contribution < -0.4 is 5.32 Å². The number of benzene rings is 1. The molecule has 0 saturated heterocycles. The molecule has 2 bridgehead atoms. The van der Waals surface area contributed by atoms with E-state index in [1.165, 1.54) is 24.0 Å². The first-order valence-corrected chi connectivity index (χ1v) is 8.23. The second-order valence-corrected chi connectivity index (χ2v) is 6.97. The molecule has 0 spiro atoms. The molecule has 3 nitrogen and oxygen atoms in total. The van der Waals surface area contributed by atoms with Crippen molar-refractivity contribution in [1.82, 2.24) is 4.98 Å². The number of hydrogen-bond acceptors (Lipinski definition) is 1. The molecule has 1 aromatic heterocycles. The van der Waals surface area contributed by atoms with Gasteiger partial charge in [-0.05, 0) is 59.8 Å². The van der Waals surface area contributed by atoms with Crippen molar-refractivity contribution in [2.45, 2.75) is 38.5 Å². The fraction of sp³-hybridized carbons (Fsp3) is 0.421. The summed E-state index contributed by atoms with van der Waals surface area (Å²) in [6, 6.07) is 8.22. The van der Waals surface area contributed by atoms with Gasteiger partial charge in [-0.3, -0.25) is 4.79 Å². The van der Waals surface area contributed by atoms with Crippen molar-refractivity contribution in [2.24, 2.45) is 11.8 Å². The van der Waals surface area contributed by atoms with Crippen molar-refractivity contribution in [3.05, 3.63) is 53.3 Å². The number of H-pyrrole nitrogens is 1. The number of carbonyl (C=O) groups excluding carboxylic acids is 1. The van der Waals surface area contributed by atoms with Gasteiger partial charge in [0.2, 0.25) is 0 Å². The lowest BCUT2D eigenvalue weighted by Crippen LogP contribution is -2.15. The zero-order valence-corrected chi connectivity index (χ0v) is 13.1. The van der Waals surface area contributed by atoms with E-state index in [4.69, 9.17) is 0 Å². The molecule has 1 heterocycles. The van der Waals surface area contributed by atoms with E-state index in [9.17, 15) is 4.79 Å². The highest BCUT2D eigenvalue weighted by molar-refractivity contribution is 6.04. The average Bonchev–Trinajstić information content (AvgIpc) is 3.22. The Kier molecular flexibility index (Phi) is 3.10. The summed E-state index contributed by atoms with van der Waals surface area (Å²) >= 11 is 0. The normalized spacial score (nSPS) is 25.5. The van der Waals surface area contributed by atoms with Crippen molar-refractivity contribution in [3.63, 3.8) is 0 Å². The topological polar surface area (TPSA) is 44.9 Å². The summed E-state index contributed by atoms with van der Waals surface area (Å²) in [6.07, 6.45) is 6.08. The van der Waals surface area contributed by atoms with Crippen LogP contribution in [0.15, 0.2) is 36.7 Å². The Hall–Kier alpha value is -2.03. The SMILES string of the molecule is CC(C)C1C2CCC1c1c(NC(=O)c3cc[nH]c3)cccc12. The molecule has 2 aromatic rings. The lowest BCUT2D eigenvalue weighted by molar-refractivity contribution is 0.102. The maximum absolute atomic E-state index is 12.4. The summed E-state index contributed by atoms with van der Waals surface area (Å²) in [7, 11) is 0. The zero-order valence-electron chi connectivity index (χ0n) is 13.1. The predicted molar refractivity (Wildman–Crippen MR) is 88.2 cm³/mol. The fourth-order valence-electron chi connectivity index (χ4n) is 4.74. The first kappa shape index (κ1) is 13.6. The summed E-state index contributed by atoms with van der Waals surface area (Å²) in [6.45, 7) is 4.67. The van der Waals surface area contributed by atoms with Crippen LogP contribution in [0, 0.1) is 11.8 Å². The molecule has 2 aliphatic carbocycles. The third-order valence-corrected chi connectivity index (χ3v) is 5.51. The van der Waals surface area contributed by atoms with Gasteiger partial charge in [-0.1, -0.05) is 26.0 Å². The maximum atomic E-state index is 12.4. The van der Waals surface area contributed by atoms with E-state index in [1.807, 2.05) is 6.07 Å². The van der Waals surface area contributed by atoms with E-state index in [0.29, 0.717) is 23.3 Å². The number of nitrogens with one attached hydrogen (secondary N) is 2. The maximum Gasteiger partial charge on any atom is 0.257 e. The second kappa shape index (κ2) is 5.01. The van der Waals surface area contributed by atoms with Crippen LogP contribution in [0.1, 0.15) is 60.0 Å². The van der Waals surface area contributed by atoms with E-state index in [2.05, 4.69) is 42.3 Å². The van der Waals surface area contributed by atoms with Crippen LogP contribution in [0.5, 0.6) is 0 Å². The van der Waals surface area contributed by atoms with Crippen molar-refractivity contribution in [3.8, 4) is 0 Å². The molecule has 2 aliphatic rings. The highest BCUT2D eigenvalue weighted by Gasteiger charge is 2.47. The highest BCUT2D eigenvalue weighted by atomic mass is 16.1. The minimum atomic E-state index is -0.0291. The molecule has 3 unspecified atom stereocenters. The Morgan fingerprint density at radius 2 is 2.05 bits per heavy atom. The number of carbonyl (C=O) groups is 1. The monoisotopic (exact) mass is 294 g/mol. The molecular formula is C19H22N2O. The van der Waals surface area contributed by atoms with E-state index >= 15 is 0 Å². The Morgan fingerprint density at radius 1 is 1.23 bits per heavy atom. The largest absolute Gasteiger partial charge is 0.367 e. The molecular weight excluding hydrogens is 272 g/mol. The molecule has 1 amide bonds. The molecule has 4 rings (SSSR count).